The Morgan fingerprint density at radius 1 is 1.17 bits per heavy atom. The number of pyridine rings is 1. The first-order chi connectivity index (χ1) is 14.0. The van der Waals surface area contributed by atoms with Gasteiger partial charge in [0.15, 0.2) is 6.61 Å². The number of esters is 1. The van der Waals surface area contributed by atoms with Crippen molar-refractivity contribution < 1.29 is 14.3 Å². The number of nitrogens with zero attached hydrogens (tertiary/aromatic N) is 3. The normalized spacial score (nSPS) is 10.4. The molecule has 1 amide bonds. The fourth-order valence-electron chi connectivity index (χ4n) is 2.77. The number of ether oxygens (including phenoxy) is 1. The lowest BCUT2D eigenvalue weighted by molar-refractivity contribution is -0.133. The van der Waals surface area contributed by atoms with Gasteiger partial charge in [0, 0.05) is 29.6 Å². The number of carbonyl (C=O) groups excluding carboxylic acids is 2. The van der Waals surface area contributed by atoms with Crippen LogP contribution in [0.3, 0.4) is 0 Å². The van der Waals surface area contributed by atoms with E-state index in [1.165, 1.54) is 4.90 Å². The van der Waals surface area contributed by atoms with Gasteiger partial charge < -0.3 is 9.64 Å². The number of amides is 1. The number of carbonyl (C=O) groups is 2. The SMILES string of the molecule is CN(CCC#N)C(=O)COC(=O)c1cc(-c2ccc(Cl)cc2)nc2ccccc12. The lowest BCUT2D eigenvalue weighted by Crippen LogP contribution is -2.32. The first-order valence-electron chi connectivity index (χ1n) is 8.93. The van der Waals surface area contributed by atoms with Crippen LogP contribution in [-0.4, -0.2) is 42.0 Å². The topological polar surface area (TPSA) is 83.3 Å². The van der Waals surface area contributed by atoms with Gasteiger partial charge in [0.25, 0.3) is 5.91 Å². The van der Waals surface area contributed by atoms with E-state index < -0.39 is 12.6 Å². The van der Waals surface area contributed by atoms with Gasteiger partial charge in [-0.25, -0.2) is 9.78 Å². The fourth-order valence-corrected chi connectivity index (χ4v) is 2.90. The van der Waals surface area contributed by atoms with Crippen LogP contribution in [0.4, 0.5) is 0 Å². The summed E-state index contributed by atoms with van der Waals surface area (Å²) >= 11 is 5.96. The predicted octanol–water partition coefficient (Wildman–Crippen LogP) is 4.08. The molecule has 0 atom stereocenters. The highest BCUT2D eigenvalue weighted by atomic mass is 35.5. The van der Waals surface area contributed by atoms with Crippen molar-refractivity contribution in [3.05, 3.63) is 65.2 Å². The Morgan fingerprint density at radius 3 is 2.62 bits per heavy atom. The Balaban J connectivity index is 1.87. The summed E-state index contributed by atoms with van der Waals surface area (Å²) in [5.41, 5.74) is 2.38. The minimum Gasteiger partial charge on any atom is -0.452 e. The predicted molar refractivity (Wildman–Crippen MR) is 110 cm³/mol. The molecule has 0 N–H and O–H groups in total. The van der Waals surface area contributed by atoms with Gasteiger partial charge in [-0.05, 0) is 24.3 Å². The lowest BCUT2D eigenvalue weighted by atomic mass is 10.0. The second-order valence-electron chi connectivity index (χ2n) is 6.38. The summed E-state index contributed by atoms with van der Waals surface area (Å²) in [6.45, 7) is -0.112. The van der Waals surface area contributed by atoms with Crippen molar-refractivity contribution >= 4 is 34.4 Å². The number of rotatable bonds is 6. The number of aromatic nitrogens is 1. The molecule has 0 unspecified atom stereocenters. The molecule has 29 heavy (non-hydrogen) atoms. The van der Waals surface area contributed by atoms with Crippen LogP contribution < -0.4 is 0 Å². The number of hydrogen-bond acceptors (Lipinski definition) is 5. The smallest absolute Gasteiger partial charge is 0.339 e. The maximum Gasteiger partial charge on any atom is 0.339 e. The molecule has 1 heterocycles. The van der Waals surface area contributed by atoms with E-state index in [2.05, 4.69) is 4.98 Å². The zero-order valence-corrected chi connectivity index (χ0v) is 16.5. The van der Waals surface area contributed by atoms with E-state index in [0.717, 1.165) is 5.56 Å². The molecule has 0 aliphatic rings. The van der Waals surface area contributed by atoms with Crippen molar-refractivity contribution in [2.24, 2.45) is 0 Å². The number of fused-ring (bicyclic) bond motifs is 1. The molecule has 3 aromatic rings. The minimum absolute atomic E-state index is 0.218. The zero-order valence-electron chi connectivity index (χ0n) is 15.8. The molecular weight excluding hydrogens is 390 g/mol. The third-order valence-corrected chi connectivity index (χ3v) is 4.64. The van der Waals surface area contributed by atoms with E-state index in [4.69, 9.17) is 21.6 Å². The number of hydrogen-bond donors (Lipinski definition) is 0. The average molecular weight is 408 g/mol. The Hall–Kier alpha value is -3.43. The summed E-state index contributed by atoms with van der Waals surface area (Å²) in [6.07, 6.45) is 0.218. The maximum atomic E-state index is 12.7. The highest BCUT2D eigenvalue weighted by molar-refractivity contribution is 6.30. The third-order valence-electron chi connectivity index (χ3n) is 4.39. The second-order valence-corrected chi connectivity index (χ2v) is 6.82. The van der Waals surface area contributed by atoms with Crippen molar-refractivity contribution in [1.29, 1.82) is 5.26 Å². The van der Waals surface area contributed by atoms with Crippen molar-refractivity contribution in [1.82, 2.24) is 9.88 Å². The molecule has 0 saturated heterocycles. The van der Waals surface area contributed by atoms with Gasteiger partial charge in [0.05, 0.1) is 29.3 Å². The maximum absolute atomic E-state index is 12.7. The van der Waals surface area contributed by atoms with Crippen molar-refractivity contribution in [3.8, 4) is 17.3 Å². The highest BCUT2D eigenvalue weighted by Crippen LogP contribution is 2.26. The van der Waals surface area contributed by atoms with Crippen LogP contribution in [0.25, 0.3) is 22.2 Å². The molecule has 3 rings (SSSR count). The Kier molecular flexibility index (Phi) is 6.43. The summed E-state index contributed by atoms with van der Waals surface area (Å²) in [6, 6.07) is 18.0. The van der Waals surface area contributed by atoms with E-state index >= 15 is 0 Å². The Labute approximate surface area is 173 Å². The van der Waals surface area contributed by atoms with Crippen molar-refractivity contribution in [2.45, 2.75) is 6.42 Å². The largest absolute Gasteiger partial charge is 0.452 e. The number of likely N-dealkylation sites (N-methyl/N-ethyl adjacent to an activating group) is 1. The minimum atomic E-state index is -0.610. The van der Waals surface area contributed by atoms with Gasteiger partial charge in [0.1, 0.15) is 0 Å². The highest BCUT2D eigenvalue weighted by Gasteiger charge is 2.17. The number of nitriles is 1. The number of benzene rings is 2. The van der Waals surface area contributed by atoms with Gasteiger partial charge in [-0.1, -0.05) is 41.9 Å². The molecule has 2 aromatic carbocycles. The summed E-state index contributed by atoms with van der Waals surface area (Å²) in [7, 11) is 1.56. The van der Waals surface area contributed by atoms with E-state index in [-0.39, 0.29) is 18.9 Å². The molecular formula is C22H18ClN3O3. The summed E-state index contributed by atoms with van der Waals surface area (Å²) in [5, 5.41) is 9.86. The third kappa shape index (κ3) is 4.89. The van der Waals surface area contributed by atoms with Crippen molar-refractivity contribution in [2.75, 3.05) is 20.2 Å². The molecule has 6 nitrogen and oxygen atoms in total. The van der Waals surface area contributed by atoms with E-state index in [1.54, 1.807) is 31.3 Å². The van der Waals surface area contributed by atoms with E-state index in [9.17, 15) is 9.59 Å². The van der Waals surface area contributed by atoms with Gasteiger partial charge in [0.2, 0.25) is 0 Å². The Bertz CT molecular complexity index is 1090. The van der Waals surface area contributed by atoms with E-state index in [1.807, 2.05) is 36.4 Å². The molecule has 0 radical (unpaired) electrons. The van der Waals surface area contributed by atoms with Crippen molar-refractivity contribution in [3.63, 3.8) is 0 Å². The fraction of sp³-hybridized carbons (Fsp3) is 0.182. The molecule has 0 saturated carbocycles. The zero-order chi connectivity index (χ0) is 20.8. The molecule has 0 aliphatic heterocycles. The lowest BCUT2D eigenvalue weighted by Gasteiger charge is -2.15. The number of halogens is 1. The first-order valence-corrected chi connectivity index (χ1v) is 9.31. The second kappa shape index (κ2) is 9.18. The van der Waals surface area contributed by atoms with Crippen LogP contribution in [-0.2, 0) is 9.53 Å². The summed E-state index contributed by atoms with van der Waals surface area (Å²) < 4.78 is 5.25. The molecule has 1 aromatic heterocycles. The standard InChI is InChI=1S/C22H18ClN3O3/c1-26(12-4-11-24)21(27)14-29-22(28)18-13-20(15-7-9-16(23)10-8-15)25-19-6-3-2-5-17(18)19/h2-3,5-10,13H,4,12,14H2,1H3. The average Bonchev–Trinajstić information content (AvgIpc) is 2.75. The quantitative estimate of drug-likeness (QED) is 0.575. The molecule has 7 heteroatoms. The molecule has 0 spiro atoms. The van der Waals surface area contributed by atoms with Gasteiger partial charge in [-0.3, -0.25) is 4.79 Å². The summed E-state index contributed by atoms with van der Waals surface area (Å²) in [5.74, 6) is -0.981. The van der Waals surface area contributed by atoms with Crippen LogP contribution in [0.1, 0.15) is 16.8 Å². The number of para-hydroxylation sites is 1. The monoisotopic (exact) mass is 407 g/mol. The summed E-state index contributed by atoms with van der Waals surface area (Å²) in [4.78, 5) is 30.8. The van der Waals surface area contributed by atoms with E-state index in [0.29, 0.717) is 27.2 Å². The van der Waals surface area contributed by atoms with Gasteiger partial charge in [-0.2, -0.15) is 5.26 Å². The first kappa shape index (κ1) is 20.3. The molecule has 0 fully saturated rings. The molecule has 146 valence electrons. The Morgan fingerprint density at radius 2 is 1.90 bits per heavy atom. The van der Waals surface area contributed by atoms with Gasteiger partial charge in [-0.15, -0.1) is 0 Å². The van der Waals surface area contributed by atoms with Crippen LogP contribution >= 0.6 is 11.6 Å². The van der Waals surface area contributed by atoms with Crippen LogP contribution in [0.2, 0.25) is 5.02 Å². The van der Waals surface area contributed by atoms with Crippen LogP contribution in [0.5, 0.6) is 0 Å². The van der Waals surface area contributed by atoms with Crippen LogP contribution in [0.15, 0.2) is 54.6 Å². The molecule has 0 aliphatic carbocycles. The molecule has 0 bridgehead atoms. The van der Waals surface area contributed by atoms with Gasteiger partial charge >= 0.3 is 5.97 Å². The van der Waals surface area contributed by atoms with Crippen LogP contribution in [0, 0.1) is 11.3 Å².